The van der Waals surface area contributed by atoms with E-state index in [-0.39, 0.29) is 11.4 Å². The highest BCUT2D eigenvalue weighted by molar-refractivity contribution is 7.89. The van der Waals surface area contributed by atoms with Crippen LogP contribution in [0.15, 0.2) is 40.3 Å². The van der Waals surface area contributed by atoms with Crippen LogP contribution in [0.1, 0.15) is 10.5 Å². The first-order chi connectivity index (χ1) is 9.77. The molecule has 2 rings (SSSR count). The van der Waals surface area contributed by atoms with Crippen LogP contribution in [0.3, 0.4) is 0 Å². The summed E-state index contributed by atoms with van der Waals surface area (Å²) in [5, 5.41) is 7.15. The van der Waals surface area contributed by atoms with E-state index in [1.165, 1.54) is 0 Å². The summed E-state index contributed by atoms with van der Waals surface area (Å²) in [7, 11) is -4.14. The third kappa shape index (κ3) is 3.49. The molecular formula is C11H9FN4O4S. The lowest BCUT2D eigenvalue weighted by molar-refractivity contribution is 0.102. The van der Waals surface area contributed by atoms with Gasteiger partial charge in [-0.15, -0.1) is 0 Å². The minimum Gasteiger partial charge on any atom is -0.325 e. The van der Waals surface area contributed by atoms with Crippen LogP contribution in [0.2, 0.25) is 0 Å². The zero-order chi connectivity index (χ0) is 15.6. The summed E-state index contributed by atoms with van der Waals surface area (Å²) in [4.78, 5) is 28.0. The fourth-order valence-corrected chi connectivity index (χ4v) is 2.17. The number of aromatic nitrogens is 2. The number of hydrogen-bond donors (Lipinski definition) is 3. The average Bonchev–Trinajstić information content (AvgIpc) is 2.38. The largest absolute Gasteiger partial charge is 0.325 e. The number of rotatable bonds is 3. The Morgan fingerprint density at radius 1 is 1.38 bits per heavy atom. The number of primary sulfonamides is 1. The van der Waals surface area contributed by atoms with Crippen molar-refractivity contribution < 1.29 is 17.6 Å². The minimum atomic E-state index is -4.14. The van der Waals surface area contributed by atoms with Crippen LogP contribution in [0.4, 0.5) is 10.1 Å². The summed E-state index contributed by atoms with van der Waals surface area (Å²) in [5.74, 6) is -1.59. The van der Waals surface area contributed by atoms with E-state index in [1.807, 2.05) is 0 Å². The van der Waals surface area contributed by atoms with E-state index in [4.69, 9.17) is 5.14 Å². The topological polar surface area (TPSA) is 135 Å². The lowest BCUT2D eigenvalue weighted by Crippen LogP contribution is -2.20. The molecule has 10 heteroatoms. The molecule has 1 aromatic carbocycles. The number of nitrogens with zero attached hydrogens (tertiary/aromatic N) is 1. The summed E-state index contributed by atoms with van der Waals surface area (Å²) < 4.78 is 35.9. The maximum absolute atomic E-state index is 13.2. The second kappa shape index (κ2) is 5.42. The summed E-state index contributed by atoms with van der Waals surface area (Å²) in [5.41, 5.74) is -1.02. The SMILES string of the molecule is NS(=O)(=O)c1ccc(F)cc1NC(=O)c1c[nH]c(=O)cn1. The highest BCUT2D eigenvalue weighted by Crippen LogP contribution is 2.21. The van der Waals surface area contributed by atoms with Crippen molar-refractivity contribution in [2.75, 3.05) is 5.32 Å². The molecule has 2 aromatic rings. The lowest BCUT2D eigenvalue weighted by atomic mass is 10.3. The first-order valence-electron chi connectivity index (χ1n) is 5.46. The van der Waals surface area contributed by atoms with Crippen molar-refractivity contribution in [2.24, 2.45) is 5.14 Å². The lowest BCUT2D eigenvalue weighted by Gasteiger charge is -2.09. The zero-order valence-corrected chi connectivity index (χ0v) is 11.1. The number of sulfonamides is 1. The van der Waals surface area contributed by atoms with Crippen molar-refractivity contribution in [2.45, 2.75) is 4.90 Å². The van der Waals surface area contributed by atoms with Gasteiger partial charge in [0.15, 0.2) is 0 Å². The van der Waals surface area contributed by atoms with Gasteiger partial charge in [0, 0.05) is 6.20 Å². The molecule has 0 radical (unpaired) electrons. The number of hydrogen-bond acceptors (Lipinski definition) is 5. The molecule has 110 valence electrons. The molecule has 0 aliphatic heterocycles. The molecular weight excluding hydrogens is 303 g/mol. The van der Waals surface area contributed by atoms with E-state index >= 15 is 0 Å². The Labute approximate surface area is 117 Å². The van der Waals surface area contributed by atoms with Gasteiger partial charge in [0.05, 0.1) is 11.9 Å². The first-order valence-corrected chi connectivity index (χ1v) is 7.00. The molecule has 0 bridgehead atoms. The molecule has 8 nitrogen and oxygen atoms in total. The number of nitrogens with one attached hydrogen (secondary N) is 2. The van der Waals surface area contributed by atoms with E-state index in [0.29, 0.717) is 0 Å². The van der Waals surface area contributed by atoms with Crippen molar-refractivity contribution in [3.8, 4) is 0 Å². The zero-order valence-electron chi connectivity index (χ0n) is 10.3. The van der Waals surface area contributed by atoms with Crippen LogP contribution in [-0.4, -0.2) is 24.3 Å². The number of benzene rings is 1. The third-order valence-electron chi connectivity index (χ3n) is 2.40. The Morgan fingerprint density at radius 2 is 2.10 bits per heavy atom. The van der Waals surface area contributed by atoms with E-state index in [2.05, 4.69) is 15.3 Å². The maximum Gasteiger partial charge on any atom is 0.275 e. The van der Waals surface area contributed by atoms with Gasteiger partial charge in [-0.3, -0.25) is 9.59 Å². The van der Waals surface area contributed by atoms with Crippen molar-refractivity contribution >= 4 is 21.6 Å². The predicted octanol–water partition coefficient (Wildman–Crippen LogP) is -0.191. The Morgan fingerprint density at radius 3 is 2.67 bits per heavy atom. The number of carbonyl (C=O) groups is 1. The molecule has 0 saturated carbocycles. The number of amides is 1. The van der Waals surface area contributed by atoms with E-state index in [9.17, 15) is 22.4 Å². The molecule has 21 heavy (non-hydrogen) atoms. The van der Waals surface area contributed by atoms with Crippen molar-refractivity contribution in [3.05, 3.63) is 52.5 Å². The van der Waals surface area contributed by atoms with Gasteiger partial charge >= 0.3 is 0 Å². The van der Waals surface area contributed by atoms with Gasteiger partial charge in [-0.05, 0) is 18.2 Å². The molecule has 0 spiro atoms. The van der Waals surface area contributed by atoms with Crippen LogP contribution >= 0.6 is 0 Å². The van der Waals surface area contributed by atoms with Gasteiger partial charge in [-0.25, -0.2) is 22.9 Å². The van der Waals surface area contributed by atoms with E-state index < -0.39 is 32.2 Å². The highest BCUT2D eigenvalue weighted by atomic mass is 32.2. The summed E-state index contributed by atoms with van der Waals surface area (Å²) in [6, 6.07) is 2.64. The van der Waals surface area contributed by atoms with Crippen molar-refractivity contribution in [3.63, 3.8) is 0 Å². The van der Waals surface area contributed by atoms with Gasteiger partial charge < -0.3 is 10.3 Å². The average molecular weight is 312 g/mol. The standard InChI is InChI=1S/C11H9FN4O4S/c12-6-1-2-9(21(13,19)20)7(3-6)16-11(18)8-4-15-10(17)5-14-8/h1-5H,(H,15,17)(H,16,18)(H2,13,19,20). The fraction of sp³-hybridized carbons (Fsp3) is 0. The van der Waals surface area contributed by atoms with Crippen LogP contribution in [0, 0.1) is 5.82 Å². The minimum absolute atomic E-state index is 0.181. The van der Waals surface area contributed by atoms with Crippen LogP contribution < -0.4 is 16.0 Å². The molecule has 4 N–H and O–H groups in total. The number of halogens is 1. The molecule has 1 amide bonds. The first kappa shape index (κ1) is 14.8. The Bertz CT molecular complexity index is 842. The predicted molar refractivity (Wildman–Crippen MR) is 70.6 cm³/mol. The molecule has 1 heterocycles. The highest BCUT2D eigenvalue weighted by Gasteiger charge is 2.17. The van der Waals surface area contributed by atoms with Crippen LogP contribution in [-0.2, 0) is 10.0 Å². The summed E-state index contributed by atoms with van der Waals surface area (Å²) >= 11 is 0. The molecule has 0 saturated heterocycles. The molecule has 0 aliphatic rings. The van der Waals surface area contributed by atoms with Crippen molar-refractivity contribution in [1.82, 2.24) is 9.97 Å². The number of carbonyl (C=O) groups excluding carboxylic acids is 1. The molecule has 0 aliphatic carbocycles. The van der Waals surface area contributed by atoms with E-state index in [1.54, 1.807) is 0 Å². The van der Waals surface area contributed by atoms with Gasteiger partial charge in [0.2, 0.25) is 10.0 Å². The second-order valence-electron chi connectivity index (χ2n) is 3.94. The number of anilines is 1. The Kier molecular flexibility index (Phi) is 3.82. The monoisotopic (exact) mass is 312 g/mol. The van der Waals surface area contributed by atoms with Gasteiger partial charge in [0.1, 0.15) is 16.4 Å². The second-order valence-corrected chi connectivity index (χ2v) is 5.47. The molecule has 1 aromatic heterocycles. The molecule has 0 atom stereocenters. The van der Waals surface area contributed by atoms with Gasteiger partial charge in [0.25, 0.3) is 11.5 Å². The number of nitrogens with two attached hydrogens (primary N) is 1. The van der Waals surface area contributed by atoms with Gasteiger partial charge in [-0.1, -0.05) is 0 Å². The van der Waals surface area contributed by atoms with Crippen LogP contribution in [0.25, 0.3) is 0 Å². The van der Waals surface area contributed by atoms with Crippen LogP contribution in [0.5, 0.6) is 0 Å². The quantitative estimate of drug-likeness (QED) is 0.722. The smallest absolute Gasteiger partial charge is 0.275 e. The fourth-order valence-electron chi connectivity index (χ4n) is 1.50. The normalized spacial score (nSPS) is 11.1. The molecule has 0 unspecified atom stereocenters. The third-order valence-corrected chi connectivity index (χ3v) is 3.37. The van der Waals surface area contributed by atoms with Crippen molar-refractivity contribution in [1.29, 1.82) is 0 Å². The summed E-state index contributed by atoms with van der Waals surface area (Å²) in [6.45, 7) is 0. The number of H-pyrrole nitrogens is 1. The summed E-state index contributed by atoms with van der Waals surface area (Å²) in [6.07, 6.45) is 1.91. The Balaban J connectivity index is 2.39. The van der Waals surface area contributed by atoms with Gasteiger partial charge in [-0.2, -0.15) is 0 Å². The maximum atomic E-state index is 13.2. The van der Waals surface area contributed by atoms with E-state index in [0.717, 1.165) is 30.6 Å². The Hall–Kier alpha value is -2.59. The number of aromatic amines is 1. The molecule has 0 fully saturated rings.